The molecule has 0 unspecified atom stereocenters. The van der Waals surface area contributed by atoms with Crippen LogP contribution in [0.2, 0.25) is 5.15 Å². The number of rotatable bonds is 2. The van der Waals surface area contributed by atoms with Gasteiger partial charge >= 0.3 is 0 Å². The Labute approximate surface area is 122 Å². The smallest absolute Gasteiger partial charge is 0.162 e. The molecule has 2 aromatic heterocycles. The minimum atomic E-state index is -0.512. The number of fused-ring (bicyclic) bond motifs is 3. The first-order valence-electron chi connectivity index (χ1n) is 6.56. The molecule has 5 heteroatoms. The number of aryl methyl sites for hydroxylation is 2. The zero-order valence-electron chi connectivity index (χ0n) is 11.4. The van der Waals surface area contributed by atoms with Crippen molar-refractivity contribution in [2.75, 3.05) is 7.11 Å². The molecule has 0 amide bonds. The highest BCUT2D eigenvalue weighted by molar-refractivity contribution is 7.19. The Hall–Kier alpha value is -0.710. The van der Waals surface area contributed by atoms with Crippen LogP contribution in [-0.4, -0.2) is 17.1 Å². The minimum absolute atomic E-state index is 0.512. The van der Waals surface area contributed by atoms with Crippen LogP contribution in [0.1, 0.15) is 43.0 Å². The third kappa shape index (κ3) is 2.16. The first-order chi connectivity index (χ1) is 9.03. The summed E-state index contributed by atoms with van der Waals surface area (Å²) in [5.41, 5.74) is 0.862. The molecule has 2 heterocycles. The Morgan fingerprint density at radius 2 is 1.95 bits per heavy atom. The predicted molar refractivity (Wildman–Crippen MR) is 79.1 cm³/mol. The Bertz CT molecular complexity index is 636. The van der Waals surface area contributed by atoms with Crippen molar-refractivity contribution in [2.24, 2.45) is 0 Å². The van der Waals surface area contributed by atoms with E-state index in [1.54, 1.807) is 18.4 Å². The lowest BCUT2D eigenvalue weighted by atomic mass is 9.97. The molecular weight excluding hydrogens is 280 g/mol. The first kappa shape index (κ1) is 13.3. The fourth-order valence-electron chi connectivity index (χ4n) is 2.47. The molecule has 0 radical (unpaired) electrons. The second-order valence-corrected chi connectivity index (χ2v) is 6.89. The number of hydrogen-bond acceptors (Lipinski definition) is 4. The number of ether oxygens (including phenoxy) is 1. The number of methoxy groups -OCH3 is 1. The molecular formula is C14H17ClN2OS. The van der Waals surface area contributed by atoms with E-state index in [0.29, 0.717) is 11.0 Å². The van der Waals surface area contributed by atoms with Crippen LogP contribution < -0.4 is 0 Å². The van der Waals surface area contributed by atoms with Crippen LogP contribution >= 0.6 is 22.9 Å². The van der Waals surface area contributed by atoms with Gasteiger partial charge in [0, 0.05) is 12.0 Å². The van der Waals surface area contributed by atoms with Crippen LogP contribution in [0.4, 0.5) is 0 Å². The summed E-state index contributed by atoms with van der Waals surface area (Å²) in [6.45, 7) is 3.91. The highest BCUT2D eigenvalue weighted by Crippen LogP contribution is 2.39. The van der Waals surface area contributed by atoms with Gasteiger partial charge < -0.3 is 4.74 Å². The van der Waals surface area contributed by atoms with Gasteiger partial charge in [-0.05, 0) is 45.1 Å². The molecule has 1 aliphatic rings. The van der Waals surface area contributed by atoms with Crippen LogP contribution in [0, 0.1) is 0 Å². The van der Waals surface area contributed by atoms with Gasteiger partial charge in [-0.2, -0.15) is 0 Å². The molecule has 3 nitrogen and oxygen atoms in total. The van der Waals surface area contributed by atoms with Gasteiger partial charge in [-0.15, -0.1) is 11.3 Å². The average Bonchev–Trinajstić information content (AvgIpc) is 2.77. The van der Waals surface area contributed by atoms with Crippen LogP contribution in [0.15, 0.2) is 0 Å². The van der Waals surface area contributed by atoms with E-state index in [0.717, 1.165) is 23.1 Å². The molecule has 0 fully saturated rings. The largest absolute Gasteiger partial charge is 0.371 e. The molecule has 0 N–H and O–H groups in total. The molecule has 0 atom stereocenters. The van der Waals surface area contributed by atoms with E-state index in [1.165, 1.54) is 23.3 Å². The first-order valence-corrected chi connectivity index (χ1v) is 7.76. The summed E-state index contributed by atoms with van der Waals surface area (Å²) in [7, 11) is 1.67. The summed E-state index contributed by atoms with van der Waals surface area (Å²) in [5, 5.41) is 1.64. The number of thiophene rings is 1. The van der Waals surface area contributed by atoms with Crippen molar-refractivity contribution in [3.8, 4) is 0 Å². The zero-order valence-corrected chi connectivity index (χ0v) is 13.0. The van der Waals surface area contributed by atoms with Gasteiger partial charge in [-0.1, -0.05) is 11.6 Å². The van der Waals surface area contributed by atoms with Crippen LogP contribution in [-0.2, 0) is 23.2 Å². The third-order valence-electron chi connectivity index (χ3n) is 3.82. The van der Waals surface area contributed by atoms with E-state index in [2.05, 4.69) is 9.97 Å². The average molecular weight is 297 g/mol. The number of halogens is 1. The van der Waals surface area contributed by atoms with Crippen LogP contribution in [0.25, 0.3) is 10.2 Å². The molecule has 1 aliphatic carbocycles. The van der Waals surface area contributed by atoms with Gasteiger partial charge in [0.05, 0.1) is 5.39 Å². The fourth-order valence-corrected chi connectivity index (χ4v) is 4.07. The van der Waals surface area contributed by atoms with Crippen molar-refractivity contribution in [2.45, 2.75) is 45.1 Å². The normalized spacial score (nSPS) is 15.8. The highest BCUT2D eigenvalue weighted by Gasteiger charge is 2.27. The molecule has 0 aromatic carbocycles. The SMILES string of the molecule is COC(C)(C)c1nc(Cl)c2c3c(sc2n1)CCCC3. The van der Waals surface area contributed by atoms with Crippen molar-refractivity contribution in [1.82, 2.24) is 9.97 Å². The second kappa shape index (κ2) is 4.69. The van der Waals surface area contributed by atoms with E-state index in [-0.39, 0.29) is 0 Å². The molecule has 2 aromatic rings. The van der Waals surface area contributed by atoms with Gasteiger partial charge in [0.15, 0.2) is 5.82 Å². The van der Waals surface area contributed by atoms with E-state index >= 15 is 0 Å². The molecule has 19 heavy (non-hydrogen) atoms. The maximum absolute atomic E-state index is 6.40. The van der Waals surface area contributed by atoms with Crippen molar-refractivity contribution in [3.63, 3.8) is 0 Å². The van der Waals surface area contributed by atoms with Crippen molar-refractivity contribution in [3.05, 3.63) is 21.4 Å². The lowest BCUT2D eigenvalue weighted by molar-refractivity contribution is 0.0118. The van der Waals surface area contributed by atoms with Gasteiger partial charge in [0.2, 0.25) is 0 Å². The third-order valence-corrected chi connectivity index (χ3v) is 5.28. The van der Waals surface area contributed by atoms with E-state index in [4.69, 9.17) is 16.3 Å². The van der Waals surface area contributed by atoms with Crippen molar-refractivity contribution >= 4 is 33.2 Å². The predicted octanol–water partition coefficient (Wildman–Crippen LogP) is 4.11. The molecule has 0 saturated carbocycles. The van der Waals surface area contributed by atoms with E-state index < -0.39 is 5.60 Å². The Morgan fingerprint density at radius 1 is 1.21 bits per heavy atom. The topological polar surface area (TPSA) is 35.0 Å². The Morgan fingerprint density at radius 3 is 2.68 bits per heavy atom. The Kier molecular flexibility index (Phi) is 3.28. The van der Waals surface area contributed by atoms with E-state index in [1.807, 2.05) is 13.8 Å². The quantitative estimate of drug-likeness (QED) is 0.783. The van der Waals surface area contributed by atoms with Gasteiger partial charge in [-0.3, -0.25) is 0 Å². The fraction of sp³-hybridized carbons (Fsp3) is 0.571. The molecule has 0 saturated heterocycles. The van der Waals surface area contributed by atoms with Gasteiger partial charge in [-0.25, -0.2) is 9.97 Å². The summed E-state index contributed by atoms with van der Waals surface area (Å²) in [4.78, 5) is 11.6. The number of aromatic nitrogens is 2. The number of hydrogen-bond donors (Lipinski definition) is 0. The van der Waals surface area contributed by atoms with Crippen LogP contribution in [0.5, 0.6) is 0 Å². The molecule has 102 valence electrons. The molecule has 0 aliphatic heterocycles. The van der Waals surface area contributed by atoms with Gasteiger partial charge in [0.1, 0.15) is 15.6 Å². The maximum atomic E-state index is 6.40. The second-order valence-electron chi connectivity index (χ2n) is 5.44. The lowest BCUT2D eigenvalue weighted by Crippen LogP contribution is -2.22. The maximum Gasteiger partial charge on any atom is 0.162 e. The summed E-state index contributed by atoms with van der Waals surface area (Å²) in [6.07, 6.45) is 4.75. The lowest BCUT2D eigenvalue weighted by Gasteiger charge is -2.21. The highest BCUT2D eigenvalue weighted by atomic mass is 35.5. The Balaban J connectivity index is 2.22. The standard InChI is InChI=1S/C14H17ClN2OS/c1-14(2,18-3)13-16-11(15)10-8-6-4-5-7-9(8)19-12(10)17-13/h4-7H2,1-3H3. The summed E-state index contributed by atoms with van der Waals surface area (Å²) in [5.74, 6) is 0.658. The molecule has 0 bridgehead atoms. The summed E-state index contributed by atoms with van der Waals surface area (Å²) in [6, 6.07) is 0. The van der Waals surface area contributed by atoms with Crippen molar-refractivity contribution in [1.29, 1.82) is 0 Å². The molecule has 0 spiro atoms. The summed E-state index contributed by atoms with van der Waals surface area (Å²) < 4.78 is 5.45. The van der Waals surface area contributed by atoms with Crippen molar-refractivity contribution < 1.29 is 4.74 Å². The van der Waals surface area contributed by atoms with Gasteiger partial charge in [0.25, 0.3) is 0 Å². The zero-order chi connectivity index (χ0) is 13.6. The van der Waals surface area contributed by atoms with E-state index in [9.17, 15) is 0 Å². The monoisotopic (exact) mass is 296 g/mol. The minimum Gasteiger partial charge on any atom is -0.371 e. The molecule has 3 rings (SSSR count). The van der Waals surface area contributed by atoms with Crippen LogP contribution in [0.3, 0.4) is 0 Å². The summed E-state index contributed by atoms with van der Waals surface area (Å²) >= 11 is 8.17. The number of nitrogens with zero attached hydrogens (tertiary/aromatic N) is 2.